The van der Waals surface area contributed by atoms with E-state index in [1.807, 2.05) is 44.0 Å². The van der Waals surface area contributed by atoms with E-state index < -0.39 is 23.7 Å². The van der Waals surface area contributed by atoms with Crippen LogP contribution in [0.4, 0.5) is 4.39 Å². The molecule has 166 valence electrons. The molecule has 0 amide bonds. The average Bonchev–Trinajstić information content (AvgIpc) is 3.10. The van der Waals surface area contributed by atoms with Gasteiger partial charge in [-0.15, -0.1) is 0 Å². The van der Waals surface area contributed by atoms with Crippen molar-refractivity contribution in [2.45, 2.75) is 47.1 Å². The van der Waals surface area contributed by atoms with Crippen molar-refractivity contribution in [3.63, 3.8) is 0 Å². The van der Waals surface area contributed by atoms with Crippen LogP contribution in [0.5, 0.6) is 0 Å². The SMILES string of the molecule is CC1=CCC(C)(C)C(N2N=C(c3ccccc3F)C(C(=O)O)C2c2c(C)cccc2C)=C1. The fraction of sp³-hybridized carbons (Fsp3) is 0.333. The highest BCUT2D eigenvalue weighted by molar-refractivity contribution is 6.13. The van der Waals surface area contributed by atoms with Crippen molar-refractivity contribution in [2.24, 2.45) is 16.4 Å². The molecule has 2 unspecified atom stereocenters. The molecule has 4 nitrogen and oxygen atoms in total. The molecule has 5 heteroatoms. The number of hydrogen-bond acceptors (Lipinski definition) is 3. The van der Waals surface area contributed by atoms with E-state index in [0.29, 0.717) is 0 Å². The van der Waals surface area contributed by atoms with E-state index in [1.54, 1.807) is 18.2 Å². The maximum absolute atomic E-state index is 14.8. The van der Waals surface area contributed by atoms with Crippen molar-refractivity contribution in [2.75, 3.05) is 0 Å². The zero-order valence-corrected chi connectivity index (χ0v) is 19.2. The van der Waals surface area contributed by atoms with Gasteiger partial charge < -0.3 is 5.11 Å². The molecule has 1 heterocycles. The molecule has 4 rings (SSSR count). The fourth-order valence-electron chi connectivity index (χ4n) is 4.83. The minimum atomic E-state index is -1.01. The summed E-state index contributed by atoms with van der Waals surface area (Å²) >= 11 is 0. The number of rotatable bonds is 4. The van der Waals surface area contributed by atoms with Gasteiger partial charge in [-0.1, -0.05) is 61.9 Å². The zero-order valence-electron chi connectivity index (χ0n) is 19.2. The van der Waals surface area contributed by atoms with Gasteiger partial charge in [0.2, 0.25) is 0 Å². The highest BCUT2D eigenvalue weighted by Crippen LogP contribution is 2.48. The lowest BCUT2D eigenvalue weighted by atomic mass is 9.78. The Morgan fingerprint density at radius 3 is 2.38 bits per heavy atom. The molecule has 0 saturated heterocycles. The largest absolute Gasteiger partial charge is 0.481 e. The van der Waals surface area contributed by atoms with E-state index in [9.17, 15) is 14.3 Å². The molecule has 2 atom stereocenters. The van der Waals surface area contributed by atoms with Gasteiger partial charge in [0.05, 0.1) is 11.8 Å². The van der Waals surface area contributed by atoms with Gasteiger partial charge in [-0.2, -0.15) is 5.10 Å². The molecule has 0 radical (unpaired) electrons. The second-order valence-corrected chi connectivity index (χ2v) is 9.44. The van der Waals surface area contributed by atoms with Crippen LogP contribution in [0.3, 0.4) is 0 Å². The van der Waals surface area contributed by atoms with Crippen LogP contribution in [0, 0.1) is 31.0 Å². The Labute approximate surface area is 188 Å². The first-order valence-corrected chi connectivity index (χ1v) is 10.9. The minimum absolute atomic E-state index is 0.236. The zero-order chi connectivity index (χ0) is 23.2. The summed E-state index contributed by atoms with van der Waals surface area (Å²) in [6, 6.07) is 11.7. The number of aliphatic carboxylic acids is 1. The first kappa shape index (κ1) is 22.0. The van der Waals surface area contributed by atoms with Crippen molar-refractivity contribution in [1.82, 2.24) is 5.01 Å². The van der Waals surface area contributed by atoms with Gasteiger partial charge in [-0.3, -0.25) is 9.80 Å². The summed E-state index contributed by atoms with van der Waals surface area (Å²) < 4.78 is 14.8. The van der Waals surface area contributed by atoms with Crippen molar-refractivity contribution >= 4 is 11.7 Å². The first-order chi connectivity index (χ1) is 15.1. The van der Waals surface area contributed by atoms with Crippen molar-refractivity contribution in [3.8, 4) is 0 Å². The monoisotopic (exact) mass is 432 g/mol. The molecule has 0 bridgehead atoms. The number of hydrazone groups is 1. The van der Waals surface area contributed by atoms with Crippen LogP contribution in [0.15, 0.2) is 71.0 Å². The smallest absolute Gasteiger partial charge is 0.315 e. The molecule has 32 heavy (non-hydrogen) atoms. The number of carboxylic acid groups (broad SMARTS) is 1. The second-order valence-electron chi connectivity index (χ2n) is 9.44. The lowest BCUT2D eigenvalue weighted by molar-refractivity contribution is -0.140. The Hall–Kier alpha value is -3.21. The van der Waals surface area contributed by atoms with E-state index >= 15 is 0 Å². The van der Waals surface area contributed by atoms with Crippen LogP contribution in [0.25, 0.3) is 0 Å². The predicted molar refractivity (Wildman–Crippen MR) is 125 cm³/mol. The maximum Gasteiger partial charge on any atom is 0.315 e. The average molecular weight is 433 g/mol. The van der Waals surface area contributed by atoms with E-state index in [-0.39, 0.29) is 16.7 Å². The molecule has 2 aliphatic rings. The number of halogens is 1. The Kier molecular flexibility index (Phi) is 5.53. The van der Waals surface area contributed by atoms with E-state index in [2.05, 4.69) is 26.0 Å². The lowest BCUT2D eigenvalue weighted by Crippen LogP contribution is -2.36. The second kappa shape index (κ2) is 8.05. The van der Waals surface area contributed by atoms with Crippen molar-refractivity contribution in [3.05, 3.63) is 94.0 Å². The summed E-state index contributed by atoms with van der Waals surface area (Å²) in [5.41, 5.74) is 5.23. The summed E-state index contributed by atoms with van der Waals surface area (Å²) in [5.74, 6) is -2.48. The molecule has 1 aliphatic heterocycles. The van der Waals surface area contributed by atoms with Crippen LogP contribution in [-0.4, -0.2) is 21.8 Å². The number of allylic oxidation sites excluding steroid dienone is 4. The van der Waals surface area contributed by atoms with Gasteiger partial charge >= 0.3 is 5.97 Å². The normalized spacial score (nSPS) is 22.3. The molecule has 0 fully saturated rings. The van der Waals surface area contributed by atoms with Gasteiger partial charge in [-0.25, -0.2) is 4.39 Å². The van der Waals surface area contributed by atoms with Crippen LogP contribution < -0.4 is 0 Å². The molecule has 0 saturated carbocycles. The van der Waals surface area contributed by atoms with Crippen LogP contribution in [-0.2, 0) is 4.79 Å². The summed E-state index contributed by atoms with van der Waals surface area (Å²) in [6.45, 7) is 10.3. The maximum atomic E-state index is 14.8. The number of hydrogen-bond donors (Lipinski definition) is 1. The molecule has 0 spiro atoms. The van der Waals surface area contributed by atoms with Crippen LogP contribution >= 0.6 is 0 Å². The van der Waals surface area contributed by atoms with Gasteiger partial charge in [0.15, 0.2) is 0 Å². The standard InChI is InChI=1S/C27H29FN2O2/c1-16-13-14-27(4,5)21(15-16)30-25(22-17(2)9-8-10-18(22)3)23(26(31)32)24(29-30)19-11-6-7-12-20(19)28/h6-13,15,23,25H,14H2,1-5H3,(H,31,32). The molecular formula is C27H29FN2O2. The van der Waals surface area contributed by atoms with E-state index in [0.717, 1.165) is 34.4 Å². The van der Waals surface area contributed by atoms with Gasteiger partial charge in [0, 0.05) is 16.7 Å². The third-order valence-electron chi connectivity index (χ3n) is 6.58. The Balaban J connectivity index is 2.00. The van der Waals surface area contributed by atoms with Crippen molar-refractivity contribution < 1.29 is 14.3 Å². The molecular weight excluding hydrogens is 403 g/mol. The highest BCUT2D eigenvalue weighted by Gasteiger charge is 2.48. The third-order valence-corrected chi connectivity index (χ3v) is 6.58. The van der Waals surface area contributed by atoms with E-state index in [1.165, 1.54) is 6.07 Å². The van der Waals surface area contributed by atoms with Crippen molar-refractivity contribution in [1.29, 1.82) is 0 Å². The van der Waals surface area contributed by atoms with Crippen LogP contribution in [0.1, 0.15) is 55.5 Å². The van der Waals surface area contributed by atoms with Crippen LogP contribution in [0.2, 0.25) is 0 Å². The minimum Gasteiger partial charge on any atom is -0.481 e. The summed E-state index contributed by atoms with van der Waals surface area (Å²) in [4.78, 5) is 12.7. The summed E-state index contributed by atoms with van der Waals surface area (Å²) in [7, 11) is 0. The lowest BCUT2D eigenvalue weighted by Gasteiger charge is -2.39. The highest BCUT2D eigenvalue weighted by atomic mass is 19.1. The number of nitrogens with zero attached hydrogens (tertiary/aromatic N) is 2. The molecule has 2 aromatic carbocycles. The third kappa shape index (κ3) is 3.66. The molecule has 1 aliphatic carbocycles. The number of benzene rings is 2. The summed E-state index contributed by atoms with van der Waals surface area (Å²) in [5, 5.41) is 17.1. The van der Waals surface area contributed by atoms with E-state index in [4.69, 9.17) is 5.10 Å². The first-order valence-electron chi connectivity index (χ1n) is 10.9. The van der Waals surface area contributed by atoms with Gasteiger partial charge in [0.25, 0.3) is 0 Å². The molecule has 1 N–H and O–H groups in total. The van der Waals surface area contributed by atoms with Gasteiger partial charge in [-0.05, 0) is 56.0 Å². The molecule has 2 aromatic rings. The number of carboxylic acids is 1. The quantitative estimate of drug-likeness (QED) is 0.629. The summed E-state index contributed by atoms with van der Waals surface area (Å²) in [6.07, 6.45) is 5.09. The van der Waals surface area contributed by atoms with Gasteiger partial charge in [0.1, 0.15) is 11.7 Å². The topological polar surface area (TPSA) is 52.9 Å². The Morgan fingerprint density at radius 1 is 1.09 bits per heavy atom. The fourth-order valence-corrected chi connectivity index (χ4v) is 4.83. The number of aryl methyl sites for hydroxylation is 2. The Morgan fingerprint density at radius 2 is 1.75 bits per heavy atom. The Bertz CT molecular complexity index is 1160. The molecule has 0 aromatic heterocycles. The predicted octanol–water partition coefficient (Wildman–Crippen LogP) is 6.16. The number of carbonyl (C=O) groups is 1.